The zero-order valence-corrected chi connectivity index (χ0v) is 15.7. The van der Waals surface area contributed by atoms with Crippen molar-refractivity contribution >= 4 is 33.9 Å². The van der Waals surface area contributed by atoms with E-state index in [4.69, 9.17) is 11.0 Å². The molecule has 4 rings (SSSR count). The number of pyridine rings is 2. The van der Waals surface area contributed by atoms with E-state index in [1.54, 1.807) is 12.4 Å². The highest BCUT2D eigenvalue weighted by atomic mass is 16.2. The van der Waals surface area contributed by atoms with Crippen LogP contribution < -0.4 is 16.0 Å². The molecule has 28 heavy (non-hydrogen) atoms. The summed E-state index contributed by atoms with van der Waals surface area (Å²) in [5, 5.41) is 13.4. The first kappa shape index (κ1) is 17.7. The van der Waals surface area contributed by atoms with Crippen LogP contribution in [-0.4, -0.2) is 30.0 Å². The second-order valence-electron chi connectivity index (χ2n) is 7.21. The molecule has 0 spiro atoms. The Morgan fingerprint density at radius 2 is 2.14 bits per heavy atom. The molecule has 1 aromatic carbocycles. The molecule has 0 radical (unpaired) electrons. The maximum atomic E-state index is 12.2. The maximum absolute atomic E-state index is 12.2. The van der Waals surface area contributed by atoms with Crippen molar-refractivity contribution in [3.63, 3.8) is 0 Å². The van der Waals surface area contributed by atoms with Crippen molar-refractivity contribution in [2.45, 2.75) is 6.42 Å². The smallest absolute Gasteiger partial charge is 0.230 e. The number of rotatable bonds is 4. The molecule has 2 atom stereocenters. The minimum atomic E-state index is -0.239. The molecule has 1 fully saturated rings. The molecule has 3 N–H and O–H groups in total. The minimum absolute atomic E-state index is 0.162. The standard InChI is InChI=1S/C21H20N6O/c1-27(2)19-3-4-24-10-17(19)12-5-13-8-20(25-11-16(13)18(23)7-12)26-21(28)15-6-14(15)9-22/h3-5,7-8,10-11,14-15H,6,23H2,1-2H3,(H,25,26,28). The summed E-state index contributed by atoms with van der Waals surface area (Å²) in [5.41, 5.74) is 9.83. The fraction of sp³-hybridized carbons (Fsp3) is 0.238. The van der Waals surface area contributed by atoms with Gasteiger partial charge in [0.2, 0.25) is 5.91 Å². The van der Waals surface area contributed by atoms with Crippen LogP contribution in [0.15, 0.2) is 42.9 Å². The molecule has 1 aliphatic carbocycles. The Balaban J connectivity index is 1.71. The molecule has 2 heterocycles. The number of amides is 1. The highest BCUT2D eigenvalue weighted by molar-refractivity contribution is 6.00. The van der Waals surface area contributed by atoms with E-state index in [0.717, 1.165) is 27.6 Å². The molecule has 140 valence electrons. The van der Waals surface area contributed by atoms with E-state index < -0.39 is 0 Å². The first-order valence-electron chi connectivity index (χ1n) is 8.99. The molecule has 0 bridgehead atoms. The molecular weight excluding hydrogens is 352 g/mol. The van der Waals surface area contributed by atoms with Crippen LogP contribution in [0.5, 0.6) is 0 Å². The molecule has 1 amide bonds. The van der Waals surface area contributed by atoms with E-state index >= 15 is 0 Å². The van der Waals surface area contributed by atoms with E-state index in [-0.39, 0.29) is 17.7 Å². The van der Waals surface area contributed by atoms with E-state index in [1.165, 1.54) is 0 Å². The Morgan fingerprint density at radius 3 is 2.86 bits per heavy atom. The van der Waals surface area contributed by atoms with Gasteiger partial charge in [-0.25, -0.2) is 4.98 Å². The number of hydrogen-bond donors (Lipinski definition) is 2. The van der Waals surface area contributed by atoms with Gasteiger partial charge in [0, 0.05) is 55.0 Å². The van der Waals surface area contributed by atoms with Crippen molar-refractivity contribution in [2.24, 2.45) is 11.8 Å². The number of nitrogens with two attached hydrogens (primary N) is 1. The highest BCUT2D eigenvalue weighted by Gasteiger charge is 2.43. The Bertz CT molecular complexity index is 1120. The van der Waals surface area contributed by atoms with Gasteiger partial charge >= 0.3 is 0 Å². The van der Waals surface area contributed by atoms with Gasteiger partial charge in [-0.05, 0) is 41.6 Å². The van der Waals surface area contributed by atoms with Crippen LogP contribution in [0.3, 0.4) is 0 Å². The molecule has 2 unspecified atom stereocenters. The van der Waals surface area contributed by atoms with Crippen LogP contribution in [0.25, 0.3) is 21.9 Å². The molecule has 1 aliphatic rings. The van der Waals surface area contributed by atoms with Gasteiger partial charge in [-0.3, -0.25) is 9.78 Å². The largest absolute Gasteiger partial charge is 0.398 e. The number of nitrogen functional groups attached to an aromatic ring is 1. The van der Waals surface area contributed by atoms with Crippen molar-refractivity contribution in [1.29, 1.82) is 5.26 Å². The summed E-state index contributed by atoms with van der Waals surface area (Å²) < 4.78 is 0. The lowest BCUT2D eigenvalue weighted by Gasteiger charge is -2.18. The van der Waals surface area contributed by atoms with E-state index in [1.807, 2.05) is 49.5 Å². The fourth-order valence-electron chi connectivity index (χ4n) is 3.36. The zero-order chi connectivity index (χ0) is 19.8. The Labute approximate surface area is 162 Å². The van der Waals surface area contributed by atoms with E-state index in [2.05, 4.69) is 21.4 Å². The van der Waals surface area contributed by atoms with Gasteiger partial charge in [-0.1, -0.05) is 0 Å². The van der Waals surface area contributed by atoms with Crippen LogP contribution >= 0.6 is 0 Å². The summed E-state index contributed by atoms with van der Waals surface area (Å²) in [6, 6.07) is 9.81. The summed E-state index contributed by atoms with van der Waals surface area (Å²) >= 11 is 0. The van der Waals surface area contributed by atoms with Gasteiger partial charge in [0.25, 0.3) is 0 Å². The molecule has 7 nitrogen and oxygen atoms in total. The number of hydrogen-bond acceptors (Lipinski definition) is 6. The number of benzene rings is 1. The fourth-order valence-corrected chi connectivity index (χ4v) is 3.36. The Morgan fingerprint density at radius 1 is 1.32 bits per heavy atom. The van der Waals surface area contributed by atoms with Gasteiger partial charge in [-0.2, -0.15) is 5.26 Å². The van der Waals surface area contributed by atoms with Crippen LogP contribution in [0.2, 0.25) is 0 Å². The number of nitriles is 1. The monoisotopic (exact) mass is 372 g/mol. The van der Waals surface area contributed by atoms with Crippen molar-refractivity contribution < 1.29 is 4.79 Å². The summed E-state index contributed by atoms with van der Waals surface area (Å²) in [7, 11) is 3.96. The second kappa shape index (κ2) is 6.82. The van der Waals surface area contributed by atoms with Crippen molar-refractivity contribution in [3.8, 4) is 17.2 Å². The predicted molar refractivity (Wildman–Crippen MR) is 110 cm³/mol. The minimum Gasteiger partial charge on any atom is -0.398 e. The average molecular weight is 372 g/mol. The lowest BCUT2D eigenvalue weighted by atomic mass is 10.0. The number of nitrogens with zero attached hydrogens (tertiary/aromatic N) is 4. The van der Waals surface area contributed by atoms with Gasteiger partial charge in [0.1, 0.15) is 5.82 Å². The van der Waals surface area contributed by atoms with Crippen LogP contribution in [0.1, 0.15) is 6.42 Å². The third-order valence-electron chi connectivity index (χ3n) is 5.00. The Kier molecular flexibility index (Phi) is 4.32. The quantitative estimate of drug-likeness (QED) is 0.682. The van der Waals surface area contributed by atoms with Gasteiger partial charge in [-0.15, -0.1) is 0 Å². The number of carbonyl (C=O) groups is 1. The normalized spacial score (nSPS) is 17.8. The number of aromatic nitrogens is 2. The van der Waals surface area contributed by atoms with Crippen LogP contribution in [0.4, 0.5) is 17.2 Å². The molecule has 1 saturated carbocycles. The number of carbonyl (C=O) groups excluding carboxylic acids is 1. The molecule has 0 saturated heterocycles. The number of fused-ring (bicyclic) bond motifs is 1. The third-order valence-corrected chi connectivity index (χ3v) is 5.00. The maximum Gasteiger partial charge on any atom is 0.230 e. The van der Waals surface area contributed by atoms with Crippen molar-refractivity contribution in [3.05, 3.63) is 42.9 Å². The summed E-state index contributed by atoms with van der Waals surface area (Å²) in [6.07, 6.45) is 5.85. The number of nitrogens with one attached hydrogen (secondary N) is 1. The van der Waals surface area contributed by atoms with Gasteiger partial charge < -0.3 is 16.0 Å². The van der Waals surface area contributed by atoms with E-state index in [9.17, 15) is 4.79 Å². The van der Waals surface area contributed by atoms with Crippen molar-refractivity contribution in [2.75, 3.05) is 30.0 Å². The van der Waals surface area contributed by atoms with Gasteiger partial charge in [0.05, 0.1) is 17.9 Å². The van der Waals surface area contributed by atoms with E-state index in [0.29, 0.717) is 17.9 Å². The topological polar surface area (TPSA) is 108 Å². The first-order valence-corrected chi connectivity index (χ1v) is 8.99. The molecule has 2 aromatic heterocycles. The SMILES string of the molecule is CN(C)c1ccncc1-c1cc(N)c2cnc(NC(=O)C3CC3C#N)cc2c1. The molecule has 7 heteroatoms. The van der Waals surface area contributed by atoms with Crippen LogP contribution in [-0.2, 0) is 4.79 Å². The third kappa shape index (κ3) is 3.21. The zero-order valence-electron chi connectivity index (χ0n) is 15.7. The van der Waals surface area contributed by atoms with Crippen molar-refractivity contribution in [1.82, 2.24) is 9.97 Å². The summed E-state index contributed by atoms with van der Waals surface area (Å²) in [6.45, 7) is 0. The average Bonchev–Trinajstić information content (AvgIpc) is 3.47. The molecule has 3 aromatic rings. The second-order valence-corrected chi connectivity index (χ2v) is 7.21. The highest BCUT2D eigenvalue weighted by Crippen LogP contribution is 2.39. The lowest BCUT2D eigenvalue weighted by molar-refractivity contribution is -0.117. The summed E-state index contributed by atoms with van der Waals surface area (Å²) in [5.74, 6) is -0.129. The molecular formula is C21H20N6O. The van der Waals surface area contributed by atoms with Crippen LogP contribution in [0, 0.1) is 23.2 Å². The lowest BCUT2D eigenvalue weighted by Crippen LogP contribution is -2.15. The van der Waals surface area contributed by atoms with Gasteiger partial charge in [0.15, 0.2) is 0 Å². The molecule has 0 aliphatic heterocycles. The Hall–Kier alpha value is -3.66. The summed E-state index contributed by atoms with van der Waals surface area (Å²) in [4.78, 5) is 22.8. The number of anilines is 3. The predicted octanol–water partition coefficient (Wildman–Crippen LogP) is 3.04. The first-order chi connectivity index (χ1) is 13.5.